The van der Waals surface area contributed by atoms with E-state index in [0.717, 1.165) is 5.56 Å². The molecule has 0 aromatic heterocycles. The van der Waals surface area contributed by atoms with Gasteiger partial charge >= 0.3 is 0 Å². The smallest absolute Gasteiger partial charge is 0.159 e. The molecule has 0 heterocycles. The van der Waals surface area contributed by atoms with Crippen LogP contribution < -0.4 is 0 Å². The fourth-order valence-corrected chi connectivity index (χ4v) is 1.47. The van der Waals surface area contributed by atoms with Crippen molar-refractivity contribution in [3.8, 4) is 0 Å². The second kappa shape index (κ2) is 4.18. The molecule has 0 aliphatic heterocycles. The van der Waals surface area contributed by atoms with Crippen LogP contribution in [0, 0.1) is 5.92 Å². The summed E-state index contributed by atoms with van der Waals surface area (Å²) in [5.41, 5.74) is 2.25. The molecule has 1 aromatic rings. The lowest BCUT2D eigenvalue weighted by Crippen LogP contribution is -2.24. The number of benzene rings is 1. The predicted molar refractivity (Wildman–Crippen MR) is 64.3 cm³/mol. The Kier molecular flexibility index (Phi) is 3.33. The van der Waals surface area contributed by atoms with Gasteiger partial charge in [-0.15, -0.1) is 0 Å². The highest BCUT2D eigenvalue weighted by molar-refractivity contribution is 5.94. The minimum atomic E-state index is 0.129. The fourth-order valence-electron chi connectivity index (χ4n) is 1.47. The van der Waals surface area contributed by atoms with Crippen molar-refractivity contribution < 1.29 is 4.79 Å². The summed E-state index contributed by atoms with van der Waals surface area (Å²) >= 11 is 0. The zero-order valence-electron chi connectivity index (χ0n) is 10.3. The van der Waals surface area contributed by atoms with Gasteiger partial charge in [0.05, 0.1) is 0 Å². The summed E-state index contributed by atoms with van der Waals surface area (Å²) in [7, 11) is 0. The highest BCUT2D eigenvalue weighted by Crippen LogP contribution is 2.31. The molecule has 15 heavy (non-hydrogen) atoms. The minimum absolute atomic E-state index is 0.129. The number of rotatable bonds is 3. The average Bonchev–Trinajstić information content (AvgIpc) is 2.17. The quantitative estimate of drug-likeness (QED) is 0.684. The number of carbonyl (C=O) groups is 1. The molecule has 0 amide bonds. The van der Waals surface area contributed by atoms with Gasteiger partial charge < -0.3 is 0 Å². The number of ketones is 1. The van der Waals surface area contributed by atoms with Crippen LogP contribution in [0.2, 0.25) is 0 Å². The standard InChI is InChI=1S/C14H20O/c1-10(2)14(4,5)13-8-6-12(7-9-13)11(3)15/h6-10H,1-5H3. The van der Waals surface area contributed by atoms with E-state index in [4.69, 9.17) is 0 Å². The number of hydrogen-bond acceptors (Lipinski definition) is 1. The number of hydrogen-bond donors (Lipinski definition) is 0. The molecule has 0 fully saturated rings. The maximum Gasteiger partial charge on any atom is 0.159 e. The molecule has 1 aromatic carbocycles. The molecular formula is C14H20O. The van der Waals surface area contributed by atoms with E-state index >= 15 is 0 Å². The van der Waals surface area contributed by atoms with E-state index in [0.29, 0.717) is 5.92 Å². The Bertz CT molecular complexity index is 344. The Morgan fingerprint density at radius 3 is 1.93 bits per heavy atom. The first-order valence-corrected chi connectivity index (χ1v) is 5.47. The van der Waals surface area contributed by atoms with Gasteiger partial charge in [0.25, 0.3) is 0 Å². The van der Waals surface area contributed by atoms with Crippen LogP contribution in [-0.2, 0) is 5.41 Å². The third-order valence-electron chi connectivity index (χ3n) is 3.48. The summed E-state index contributed by atoms with van der Waals surface area (Å²) < 4.78 is 0. The number of Topliss-reactive ketones (excluding diaryl/α,β-unsaturated/α-hetero) is 1. The lowest BCUT2D eigenvalue weighted by molar-refractivity contribution is 0.101. The van der Waals surface area contributed by atoms with Crippen molar-refractivity contribution >= 4 is 5.78 Å². The van der Waals surface area contributed by atoms with Crippen molar-refractivity contribution in [2.75, 3.05) is 0 Å². The second-order valence-corrected chi connectivity index (χ2v) is 5.01. The monoisotopic (exact) mass is 204 g/mol. The summed E-state index contributed by atoms with van der Waals surface area (Å²) in [6, 6.07) is 7.97. The van der Waals surface area contributed by atoms with Gasteiger partial charge in [-0.1, -0.05) is 52.0 Å². The van der Waals surface area contributed by atoms with Crippen molar-refractivity contribution in [3.05, 3.63) is 35.4 Å². The highest BCUT2D eigenvalue weighted by atomic mass is 16.1. The summed E-state index contributed by atoms with van der Waals surface area (Å²) in [4.78, 5) is 11.1. The third-order valence-corrected chi connectivity index (χ3v) is 3.48. The Hall–Kier alpha value is -1.11. The van der Waals surface area contributed by atoms with Gasteiger partial charge in [0.2, 0.25) is 0 Å². The molecule has 0 spiro atoms. The normalized spacial score (nSPS) is 11.9. The maximum absolute atomic E-state index is 11.1. The van der Waals surface area contributed by atoms with Crippen LogP contribution in [0.25, 0.3) is 0 Å². The van der Waals surface area contributed by atoms with E-state index in [1.54, 1.807) is 6.92 Å². The van der Waals surface area contributed by atoms with Crippen LogP contribution in [-0.4, -0.2) is 5.78 Å². The molecule has 0 unspecified atom stereocenters. The lowest BCUT2D eigenvalue weighted by Gasteiger charge is -2.30. The van der Waals surface area contributed by atoms with Crippen molar-refractivity contribution in [1.82, 2.24) is 0 Å². The number of carbonyl (C=O) groups excluding carboxylic acids is 1. The first-order valence-electron chi connectivity index (χ1n) is 5.47. The van der Waals surface area contributed by atoms with Gasteiger partial charge in [-0.05, 0) is 23.8 Å². The molecule has 0 bridgehead atoms. The molecule has 0 saturated heterocycles. The summed E-state index contributed by atoms with van der Waals surface area (Å²) in [5, 5.41) is 0. The van der Waals surface area contributed by atoms with Gasteiger partial charge in [-0.2, -0.15) is 0 Å². The van der Waals surface area contributed by atoms with Crippen LogP contribution in [0.3, 0.4) is 0 Å². The van der Waals surface area contributed by atoms with Crippen LogP contribution in [0.4, 0.5) is 0 Å². The Morgan fingerprint density at radius 2 is 1.60 bits per heavy atom. The van der Waals surface area contributed by atoms with Gasteiger partial charge in [0.15, 0.2) is 5.78 Å². The topological polar surface area (TPSA) is 17.1 Å². The molecule has 0 atom stereocenters. The third kappa shape index (κ3) is 2.47. The average molecular weight is 204 g/mol. The molecule has 82 valence electrons. The van der Waals surface area contributed by atoms with Crippen molar-refractivity contribution in [2.24, 2.45) is 5.92 Å². The van der Waals surface area contributed by atoms with E-state index in [-0.39, 0.29) is 11.2 Å². The zero-order valence-corrected chi connectivity index (χ0v) is 10.3. The van der Waals surface area contributed by atoms with Crippen LogP contribution in [0.5, 0.6) is 0 Å². The van der Waals surface area contributed by atoms with Gasteiger partial charge in [-0.3, -0.25) is 4.79 Å². The molecule has 0 radical (unpaired) electrons. The largest absolute Gasteiger partial charge is 0.295 e. The fraction of sp³-hybridized carbons (Fsp3) is 0.500. The predicted octanol–water partition coefficient (Wildman–Crippen LogP) is 3.82. The molecule has 0 saturated carbocycles. The lowest BCUT2D eigenvalue weighted by atomic mass is 9.75. The second-order valence-electron chi connectivity index (χ2n) is 5.01. The molecular weight excluding hydrogens is 184 g/mol. The van der Waals surface area contributed by atoms with Crippen LogP contribution in [0.15, 0.2) is 24.3 Å². The van der Waals surface area contributed by atoms with Crippen LogP contribution >= 0.6 is 0 Å². The van der Waals surface area contributed by atoms with Crippen molar-refractivity contribution in [1.29, 1.82) is 0 Å². The molecule has 0 aliphatic rings. The first kappa shape index (κ1) is 12.0. The van der Waals surface area contributed by atoms with Gasteiger partial charge in [0.1, 0.15) is 0 Å². The molecule has 1 nitrogen and oxygen atoms in total. The van der Waals surface area contributed by atoms with Crippen molar-refractivity contribution in [3.63, 3.8) is 0 Å². The molecule has 1 heteroatoms. The summed E-state index contributed by atoms with van der Waals surface area (Å²) in [5.74, 6) is 0.713. The Morgan fingerprint density at radius 1 is 1.13 bits per heavy atom. The van der Waals surface area contributed by atoms with Crippen molar-refractivity contribution in [2.45, 2.75) is 40.0 Å². The van der Waals surface area contributed by atoms with E-state index < -0.39 is 0 Å². The molecule has 0 aliphatic carbocycles. The van der Waals surface area contributed by atoms with Crippen LogP contribution in [0.1, 0.15) is 50.5 Å². The molecule has 1 rings (SSSR count). The Balaban J connectivity index is 3.04. The zero-order chi connectivity index (χ0) is 11.6. The van der Waals surface area contributed by atoms with E-state index in [2.05, 4.69) is 39.8 Å². The molecule has 0 N–H and O–H groups in total. The van der Waals surface area contributed by atoms with E-state index in [9.17, 15) is 4.79 Å². The van der Waals surface area contributed by atoms with Gasteiger partial charge in [0, 0.05) is 5.56 Å². The first-order chi connectivity index (χ1) is 6.85. The van der Waals surface area contributed by atoms with Gasteiger partial charge in [-0.25, -0.2) is 0 Å². The summed E-state index contributed by atoms with van der Waals surface area (Å²) in [6.07, 6.45) is 0. The maximum atomic E-state index is 11.1. The van der Waals surface area contributed by atoms with E-state index in [1.807, 2.05) is 12.1 Å². The Labute approximate surface area is 92.5 Å². The highest BCUT2D eigenvalue weighted by Gasteiger charge is 2.24. The minimum Gasteiger partial charge on any atom is -0.295 e. The SMILES string of the molecule is CC(=O)c1ccc(C(C)(C)C(C)C)cc1. The summed E-state index contributed by atoms with van der Waals surface area (Å²) in [6.45, 7) is 10.5. The van der Waals surface area contributed by atoms with E-state index in [1.165, 1.54) is 5.56 Å².